The molecule has 4 atom stereocenters. The fraction of sp³-hybridized carbons (Fsp3) is 0.591. The molecule has 11 heteroatoms. The maximum Gasteiger partial charge on any atom is 0.252 e. The van der Waals surface area contributed by atoms with E-state index in [2.05, 4.69) is 26.2 Å². The maximum absolute atomic E-state index is 13.1. The van der Waals surface area contributed by atoms with E-state index in [0.717, 1.165) is 37.9 Å². The maximum atomic E-state index is 13.1. The fourth-order valence-corrected chi connectivity index (χ4v) is 5.40. The van der Waals surface area contributed by atoms with Gasteiger partial charge >= 0.3 is 0 Å². The van der Waals surface area contributed by atoms with Gasteiger partial charge in [0, 0.05) is 17.6 Å². The number of likely N-dealkylation sites (tertiary alicyclic amines) is 1. The molecule has 0 bridgehead atoms. The van der Waals surface area contributed by atoms with Crippen molar-refractivity contribution in [3.05, 3.63) is 35.1 Å². The van der Waals surface area contributed by atoms with Crippen LogP contribution < -0.4 is 10.6 Å². The Hall–Kier alpha value is -2.56. The standard InChI is InChI=1S/C22H28ClN7O3/c23-16-1-2-17(29-12-26-27-28-29)15(8-16)11-25-21(32)19-10-14-9-18(14)30(19)22(33)20(31)7-13-3-5-24-6-4-13/h1-2,8,12-14,18-20,24,31H,3-7,9-11H2,(H,25,32)/t14-,18-,19-,20?/m0/s1. The van der Waals surface area contributed by atoms with E-state index in [-0.39, 0.29) is 24.4 Å². The topological polar surface area (TPSA) is 125 Å². The number of aliphatic hydroxyl groups excluding tert-OH is 1. The highest BCUT2D eigenvalue weighted by Crippen LogP contribution is 2.48. The van der Waals surface area contributed by atoms with Crippen LogP contribution in [0.3, 0.4) is 0 Å². The lowest BCUT2D eigenvalue weighted by Crippen LogP contribution is -2.51. The highest BCUT2D eigenvalue weighted by Gasteiger charge is 2.56. The molecular formula is C22H28ClN7O3. The van der Waals surface area contributed by atoms with Gasteiger partial charge in [-0.15, -0.1) is 5.10 Å². The van der Waals surface area contributed by atoms with E-state index in [0.29, 0.717) is 35.4 Å². The average molecular weight is 474 g/mol. The van der Waals surface area contributed by atoms with Crippen LogP contribution in [0.5, 0.6) is 0 Å². The first kappa shape index (κ1) is 22.2. The number of rotatable bonds is 7. The Morgan fingerprint density at radius 3 is 2.85 bits per heavy atom. The summed E-state index contributed by atoms with van der Waals surface area (Å²) in [6, 6.07) is 4.80. The minimum Gasteiger partial charge on any atom is -0.383 e. The number of aliphatic hydroxyl groups is 1. The lowest BCUT2D eigenvalue weighted by atomic mass is 9.91. The summed E-state index contributed by atoms with van der Waals surface area (Å²) < 4.78 is 1.51. The first-order valence-electron chi connectivity index (χ1n) is 11.5. The van der Waals surface area contributed by atoms with Crippen LogP contribution in [-0.2, 0) is 16.1 Å². The van der Waals surface area contributed by atoms with Gasteiger partial charge in [-0.3, -0.25) is 9.59 Å². The molecule has 2 aromatic rings. The van der Waals surface area contributed by atoms with Crippen LogP contribution >= 0.6 is 11.6 Å². The number of nitrogens with one attached hydrogen (secondary N) is 2. The zero-order valence-corrected chi connectivity index (χ0v) is 19.0. The second kappa shape index (κ2) is 9.36. The smallest absolute Gasteiger partial charge is 0.252 e. The third kappa shape index (κ3) is 4.73. The number of benzene rings is 1. The molecule has 33 heavy (non-hydrogen) atoms. The largest absolute Gasteiger partial charge is 0.383 e. The van der Waals surface area contributed by atoms with Crippen LogP contribution in [0.4, 0.5) is 0 Å². The molecule has 2 saturated heterocycles. The number of carbonyl (C=O) groups excluding carboxylic acids is 2. The van der Waals surface area contributed by atoms with Gasteiger partial charge in [-0.25, -0.2) is 4.68 Å². The van der Waals surface area contributed by atoms with Crippen molar-refractivity contribution in [3.8, 4) is 5.69 Å². The molecule has 0 spiro atoms. The Bertz CT molecular complexity index is 1010. The van der Waals surface area contributed by atoms with Crippen LogP contribution in [-0.4, -0.2) is 73.3 Å². The molecule has 1 aromatic carbocycles. The molecule has 1 aromatic heterocycles. The van der Waals surface area contributed by atoms with Gasteiger partial charge in [0.2, 0.25) is 5.91 Å². The van der Waals surface area contributed by atoms with Gasteiger partial charge in [0.1, 0.15) is 18.5 Å². The minimum atomic E-state index is -1.05. The Kier molecular flexibility index (Phi) is 6.31. The molecule has 10 nitrogen and oxygen atoms in total. The number of nitrogens with zero attached hydrogens (tertiary/aromatic N) is 5. The van der Waals surface area contributed by atoms with Gasteiger partial charge in [-0.05, 0) is 91.2 Å². The Morgan fingerprint density at radius 1 is 1.27 bits per heavy atom. The summed E-state index contributed by atoms with van der Waals surface area (Å²) >= 11 is 6.17. The number of hydrogen-bond acceptors (Lipinski definition) is 7. The van der Waals surface area contributed by atoms with Crippen molar-refractivity contribution in [1.29, 1.82) is 0 Å². The summed E-state index contributed by atoms with van der Waals surface area (Å²) in [5.41, 5.74) is 1.47. The van der Waals surface area contributed by atoms with E-state index in [1.54, 1.807) is 23.1 Å². The molecule has 1 aliphatic carbocycles. The minimum absolute atomic E-state index is 0.0684. The van der Waals surface area contributed by atoms with Gasteiger partial charge in [0.05, 0.1) is 5.69 Å². The Labute approximate surface area is 196 Å². The summed E-state index contributed by atoms with van der Waals surface area (Å²) in [4.78, 5) is 27.9. The van der Waals surface area contributed by atoms with E-state index in [1.165, 1.54) is 11.0 Å². The number of carbonyl (C=O) groups is 2. The van der Waals surface area contributed by atoms with Gasteiger partial charge in [0.25, 0.3) is 5.91 Å². The molecule has 5 rings (SSSR count). The lowest BCUT2D eigenvalue weighted by molar-refractivity contribution is -0.147. The molecule has 3 fully saturated rings. The summed E-state index contributed by atoms with van der Waals surface area (Å²) in [5.74, 6) is 0.157. The third-order valence-electron chi connectivity index (χ3n) is 7.05. The van der Waals surface area contributed by atoms with Crippen molar-refractivity contribution in [2.75, 3.05) is 13.1 Å². The van der Waals surface area contributed by atoms with E-state index < -0.39 is 12.1 Å². The molecule has 1 saturated carbocycles. The molecule has 3 heterocycles. The van der Waals surface area contributed by atoms with E-state index in [9.17, 15) is 14.7 Å². The number of halogens is 1. The number of tetrazole rings is 1. The molecule has 2 amide bonds. The molecular weight excluding hydrogens is 446 g/mol. The van der Waals surface area contributed by atoms with Crippen molar-refractivity contribution in [2.45, 2.75) is 56.8 Å². The van der Waals surface area contributed by atoms with Gasteiger partial charge in [-0.1, -0.05) is 11.6 Å². The van der Waals surface area contributed by atoms with Crippen LogP contribution in [0, 0.1) is 11.8 Å². The second-order valence-corrected chi connectivity index (χ2v) is 9.69. The first-order valence-corrected chi connectivity index (χ1v) is 11.9. The summed E-state index contributed by atoms with van der Waals surface area (Å²) in [6.45, 7) is 2.06. The van der Waals surface area contributed by atoms with Crippen molar-refractivity contribution >= 4 is 23.4 Å². The highest BCUT2D eigenvalue weighted by molar-refractivity contribution is 6.30. The lowest BCUT2D eigenvalue weighted by Gasteiger charge is -2.31. The molecule has 0 radical (unpaired) electrons. The van der Waals surface area contributed by atoms with E-state index in [1.807, 2.05) is 0 Å². The zero-order chi connectivity index (χ0) is 22.9. The van der Waals surface area contributed by atoms with Crippen molar-refractivity contribution in [1.82, 2.24) is 35.7 Å². The van der Waals surface area contributed by atoms with Gasteiger partial charge in [-0.2, -0.15) is 0 Å². The molecule has 1 unspecified atom stereocenters. The van der Waals surface area contributed by atoms with E-state index in [4.69, 9.17) is 11.6 Å². The van der Waals surface area contributed by atoms with Crippen molar-refractivity contribution < 1.29 is 14.7 Å². The van der Waals surface area contributed by atoms with Gasteiger partial charge < -0.3 is 20.6 Å². The number of fused-ring (bicyclic) bond motifs is 1. The quantitative estimate of drug-likeness (QED) is 0.539. The Balaban J connectivity index is 1.24. The molecule has 3 aliphatic rings. The van der Waals surface area contributed by atoms with E-state index >= 15 is 0 Å². The molecule has 2 aliphatic heterocycles. The number of aromatic nitrogens is 4. The average Bonchev–Trinajstić information content (AvgIpc) is 3.21. The number of piperidine rings is 2. The highest BCUT2D eigenvalue weighted by atomic mass is 35.5. The zero-order valence-electron chi connectivity index (χ0n) is 18.2. The van der Waals surface area contributed by atoms with Crippen molar-refractivity contribution in [3.63, 3.8) is 0 Å². The first-order chi connectivity index (χ1) is 16.0. The van der Waals surface area contributed by atoms with Crippen LogP contribution in [0.1, 0.15) is 37.7 Å². The monoisotopic (exact) mass is 473 g/mol. The number of hydrogen-bond donors (Lipinski definition) is 3. The SMILES string of the molecule is O=C(NCc1cc(Cl)ccc1-n1cnnn1)[C@@H]1C[C@@H]2C[C@@H]2N1C(=O)C(O)CC1CCNCC1. The van der Waals surface area contributed by atoms with Crippen molar-refractivity contribution in [2.24, 2.45) is 11.8 Å². The predicted molar refractivity (Wildman–Crippen MR) is 119 cm³/mol. The van der Waals surface area contributed by atoms with Crippen LogP contribution in [0.25, 0.3) is 5.69 Å². The summed E-state index contributed by atoms with van der Waals surface area (Å²) in [5, 5.41) is 28.7. The van der Waals surface area contributed by atoms with Crippen LogP contribution in [0.2, 0.25) is 5.02 Å². The normalized spacial score (nSPS) is 25.5. The summed E-state index contributed by atoms with van der Waals surface area (Å²) in [7, 11) is 0. The molecule has 176 valence electrons. The fourth-order valence-electron chi connectivity index (χ4n) is 5.20. The van der Waals surface area contributed by atoms with Crippen LogP contribution in [0.15, 0.2) is 24.5 Å². The van der Waals surface area contributed by atoms with Gasteiger partial charge in [0.15, 0.2) is 0 Å². The Morgan fingerprint density at radius 2 is 2.09 bits per heavy atom. The predicted octanol–water partition coefficient (Wildman–Crippen LogP) is 0.672. The second-order valence-electron chi connectivity index (χ2n) is 9.25. The summed E-state index contributed by atoms with van der Waals surface area (Å²) in [6.07, 6.45) is 4.35. The third-order valence-corrected chi connectivity index (χ3v) is 7.29. The molecule has 3 N–H and O–H groups in total. The number of amides is 2.